The van der Waals surface area contributed by atoms with Crippen molar-refractivity contribution in [1.82, 2.24) is 4.90 Å². The van der Waals surface area contributed by atoms with E-state index in [0.29, 0.717) is 11.5 Å². The van der Waals surface area contributed by atoms with Crippen molar-refractivity contribution in [3.63, 3.8) is 0 Å². The molecule has 0 atom stereocenters. The van der Waals surface area contributed by atoms with Crippen LogP contribution in [0.5, 0.6) is 0 Å². The molecule has 0 spiro atoms. The molecule has 1 aliphatic carbocycles. The van der Waals surface area contributed by atoms with Crippen LogP contribution in [0.25, 0.3) is 0 Å². The molecule has 0 heterocycles. The first-order chi connectivity index (χ1) is 8.62. The van der Waals surface area contributed by atoms with E-state index in [9.17, 15) is 0 Å². The van der Waals surface area contributed by atoms with Crippen molar-refractivity contribution in [3.8, 4) is 0 Å². The molecule has 18 heavy (non-hydrogen) atoms. The van der Waals surface area contributed by atoms with Gasteiger partial charge >= 0.3 is 0 Å². The van der Waals surface area contributed by atoms with Crippen LogP contribution in [0.2, 0.25) is 0 Å². The number of hydrogen-bond donors (Lipinski definition) is 0. The fourth-order valence-corrected chi connectivity index (χ4v) is 2.41. The Morgan fingerprint density at radius 1 is 1.44 bits per heavy atom. The quantitative estimate of drug-likeness (QED) is 0.459. The highest BCUT2D eigenvalue weighted by Crippen LogP contribution is 2.42. The molecule has 0 aromatic carbocycles. The number of nitrogens with zero attached hydrogens (tertiary/aromatic N) is 1. The molecular weight excluding hydrogens is 222 g/mol. The maximum Gasteiger partial charge on any atom is 0.0538 e. The average molecular weight is 248 g/mol. The van der Waals surface area contributed by atoms with E-state index >= 15 is 0 Å². The van der Waals surface area contributed by atoms with E-state index in [1.165, 1.54) is 19.3 Å². The van der Waals surface area contributed by atoms with Gasteiger partial charge in [-0.15, -0.1) is 12.3 Å². The van der Waals surface area contributed by atoms with Crippen molar-refractivity contribution in [1.29, 1.82) is 0 Å². The first-order valence-electron chi connectivity index (χ1n) is 6.84. The zero-order valence-electron chi connectivity index (χ0n) is 11.8. The fourth-order valence-electron chi connectivity index (χ4n) is 2.41. The molecule has 1 rings (SSSR count). The lowest BCUT2D eigenvalue weighted by Crippen LogP contribution is -2.46. The summed E-state index contributed by atoms with van der Waals surface area (Å²) in [7, 11) is 0. The second kappa shape index (κ2) is 7.58. The molecule has 1 aliphatic rings. The van der Waals surface area contributed by atoms with Crippen LogP contribution in [0.1, 0.15) is 33.1 Å². The summed E-state index contributed by atoms with van der Waals surface area (Å²) in [5.74, 6) is 0. The minimum atomic E-state index is 0.313. The van der Waals surface area contributed by atoms with Crippen LogP contribution in [-0.4, -0.2) is 37.2 Å². The Kier molecular flexibility index (Phi) is 6.42. The molecule has 0 aromatic rings. The van der Waals surface area contributed by atoms with Gasteiger partial charge in [0.15, 0.2) is 0 Å². The molecule has 0 aliphatic heterocycles. The molecule has 0 amide bonds. The minimum absolute atomic E-state index is 0.313. The lowest BCUT2D eigenvalue weighted by Gasteiger charge is -2.45. The molecule has 0 unspecified atom stereocenters. The van der Waals surface area contributed by atoms with E-state index in [-0.39, 0.29) is 0 Å². The normalized spacial score (nSPS) is 17.3. The maximum absolute atomic E-state index is 5.83. The fraction of sp³-hybridized carbons (Fsp3) is 0.688. The lowest BCUT2D eigenvalue weighted by molar-refractivity contribution is -0.0474. The van der Waals surface area contributed by atoms with Gasteiger partial charge in [-0.1, -0.05) is 12.5 Å². The van der Waals surface area contributed by atoms with Gasteiger partial charge in [-0.05, 0) is 39.3 Å². The van der Waals surface area contributed by atoms with E-state index in [2.05, 4.69) is 31.1 Å². The SMILES string of the molecule is [CH]=C=CCN(CC=C)CC1(COC(C)C)CCC1. The highest BCUT2D eigenvalue weighted by Gasteiger charge is 2.38. The van der Waals surface area contributed by atoms with Gasteiger partial charge in [0.05, 0.1) is 12.7 Å². The topological polar surface area (TPSA) is 12.5 Å². The number of rotatable bonds is 9. The average Bonchev–Trinajstić information content (AvgIpc) is 2.29. The summed E-state index contributed by atoms with van der Waals surface area (Å²) >= 11 is 0. The standard InChI is InChI=1S/C16H26NO/c1-5-7-12-17(11-6-2)13-16(9-8-10-16)14-18-15(3)4/h1,6-7,15H,2,8-14H2,3-4H3. The highest BCUT2D eigenvalue weighted by atomic mass is 16.5. The molecule has 2 nitrogen and oxygen atoms in total. The number of ether oxygens (including phenoxy) is 1. The summed E-state index contributed by atoms with van der Waals surface area (Å²) in [6.07, 6.45) is 7.99. The van der Waals surface area contributed by atoms with Crippen LogP contribution < -0.4 is 0 Å². The van der Waals surface area contributed by atoms with Gasteiger partial charge < -0.3 is 4.74 Å². The van der Waals surface area contributed by atoms with Crippen LogP contribution in [-0.2, 0) is 4.74 Å². The van der Waals surface area contributed by atoms with Gasteiger partial charge in [0.1, 0.15) is 0 Å². The third-order valence-electron chi connectivity index (χ3n) is 3.55. The molecule has 0 aromatic heterocycles. The molecule has 0 bridgehead atoms. The molecule has 101 valence electrons. The van der Waals surface area contributed by atoms with Crippen molar-refractivity contribution in [2.75, 3.05) is 26.2 Å². The molecule has 0 saturated heterocycles. The molecule has 0 N–H and O–H groups in total. The minimum Gasteiger partial charge on any atom is -0.378 e. The molecule has 2 heteroatoms. The van der Waals surface area contributed by atoms with Crippen molar-refractivity contribution in [2.45, 2.75) is 39.2 Å². The highest BCUT2D eigenvalue weighted by molar-refractivity contribution is 4.93. The first kappa shape index (κ1) is 15.2. The second-order valence-corrected chi connectivity index (χ2v) is 5.57. The molecule has 1 fully saturated rings. The van der Waals surface area contributed by atoms with Gasteiger partial charge in [0.25, 0.3) is 0 Å². The molecular formula is C16H26NO. The Morgan fingerprint density at radius 3 is 2.61 bits per heavy atom. The van der Waals surface area contributed by atoms with E-state index < -0.39 is 0 Å². The summed E-state index contributed by atoms with van der Waals surface area (Å²) in [4.78, 5) is 2.36. The summed E-state index contributed by atoms with van der Waals surface area (Å²) < 4.78 is 5.83. The van der Waals surface area contributed by atoms with Crippen LogP contribution in [0, 0.1) is 12.0 Å². The zero-order chi connectivity index (χ0) is 13.4. The lowest BCUT2D eigenvalue weighted by atomic mass is 9.69. The van der Waals surface area contributed by atoms with E-state index in [0.717, 1.165) is 26.2 Å². The van der Waals surface area contributed by atoms with E-state index in [4.69, 9.17) is 11.3 Å². The first-order valence-corrected chi connectivity index (χ1v) is 6.84. The Labute approximate surface area is 112 Å². The molecule has 1 saturated carbocycles. The Balaban J connectivity index is 2.51. The van der Waals surface area contributed by atoms with Crippen LogP contribution >= 0.6 is 0 Å². The Hall–Kier alpha value is -0.820. The van der Waals surface area contributed by atoms with Gasteiger partial charge in [0.2, 0.25) is 0 Å². The Bertz CT molecular complexity index is 298. The van der Waals surface area contributed by atoms with Crippen molar-refractivity contribution in [2.24, 2.45) is 5.41 Å². The van der Waals surface area contributed by atoms with Crippen LogP contribution in [0.4, 0.5) is 0 Å². The number of hydrogen-bond acceptors (Lipinski definition) is 2. The largest absolute Gasteiger partial charge is 0.378 e. The third-order valence-corrected chi connectivity index (χ3v) is 3.55. The summed E-state index contributed by atoms with van der Waals surface area (Å²) in [5.41, 5.74) is 2.94. The zero-order valence-corrected chi connectivity index (χ0v) is 11.8. The predicted molar refractivity (Wildman–Crippen MR) is 76.4 cm³/mol. The smallest absolute Gasteiger partial charge is 0.0538 e. The second-order valence-electron chi connectivity index (χ2n) is 5.57. The van der Waals surface area contributed by atoms with Crippen molar-refractivity contribution >= 4 is 0 Å². The van der Waals surface area contributed by atoms with Crippen LogP contribution in [0.3, 0.4) is 0 Å². The monoisotopic (exact) mass is 248 g/mol. The summed E-state index contributed by atoms with van der Waals surface area (Å²) in [5, 5.41) is 0. The van der Waals surface area contributed by atoms with Crippen molar-refractivity contribution in [3.05, 3.63) is 31.0 Å². The van der Waals surface area contributed by atoms with E-state index in [1.54, 1.807) is 0 Å². The summed E-state index contributed by atoms with van der Waals surface area (Å²) in [6.45, 7) is 17.0. The van der Waals surface area contributed by atoms with E-state index in [1.807, 2.05) is 12.2 Å². The maximum atomic E-state index is 5.83. The van der Waals surface area contributed by atoms with Gasteiger partial charge in [-0.25, -0.2) is 0 Å². The van der Waals surface area contributed by atoms with Gasteiger partial charge in [0, 0.05) is 25.0 Å². The van der Waals surface area contributed by atoms with Crippen LogP contribution in [0.15, 0.2) is 24.5 Å². The van der Waals surface area contributed by atoms with Gasteiger partial charge in [-0.2, -0.15) is 0 Å². The van der Waals surface area contributed by atoms with Gasteiger partial charge in [-0.3, -0.25) is 4.90 Å². The third kappa shape index (κ3) is 4.81. The molecule has 1 radical (unpaired) electrons. The summed E-state index contributed by atoms with van der Waals surface area (Å²) in [6, 6.07) is 0. The van der Waals surface area contributed by atoms with Crippen molar-refractivity contribution < 1.29 is 4.74 Å². The predicted octanol–water partition coefficient (Wildman–Crippen LogP) is 3.21. The Morgan fingerprint density at radius 2 is 2.17 bits per heavy atom.